The number of nitrogens with one attached hydrogen (secondary N) is 1. The maximum absolute atomic E-state index is 4.65. The minimum absolute atomic E-state index is 0.498. The molecule has 0 radical (unpaired) electrons. The van der Waals surface area contributed by atoms with Crippen molar-refractivity contribution in [2.24, 2.45) is 4.99 Å². The van der Waals surface area contributed by atoms with Gasteiger partial charge in [-0.2, -0.15) is 0 Å². The van der Waals surface area contributed by atoms with E-state index >= 15 is 0 Å². The zero-order valence-electron chi connectivity index (χ0n) is 12.6. The van der Waals surface area contributed by atoms with Crippen molar-refractivity contribution in [1.29, 1.82) is 0 Å². The zero-order chi connectivity index (χ0) is 14.8. The van der Waals surface area contributed by atoms with Gasteiger partial charge in [-0.1, -0.05) is 54.6 Å². The van der Waals surface area contributed by atoms with Gasteiger partial charge in [0, 0.05) is 24.4 Å². The molecule has 0 aromatic heterocycles. The molecule has 1 N–H and O–H groups in total. The Morgan fingerprint density at radius 2 is 1.59 bits per heavy atom. The molecule has 0 spiro atoms. The van der Waals surface area contributed by atoms with Gasteiger partial charge in [0.25, 0.3) is 0 Å². The molecular weight excluding hydrogens is 268 g/mol. The number of hydrogen-bond donors (Lipinski definition) is 1. The first-order chi connectivity index (χ1) is 10.9. The SMILES string of the molecule is C1=C(c2ccc(-c3ccccc3)cc2)CC(C2CCCN2)=N1. The summed E-state index contributed by atoms with van der Waals surface area (Å²) in [7, 11) is 0. The third-order valence-electron chi connectivity index (χ3n) is 4.58. The van der Waals surface area contributed by atoms with Crippen molar-refractivity contribution in [1.82, 2.24) is 5.32 Å². The second-order valence-corrected chi connectivity index (χ2v) is 6.04. The van der Waals surface area contributed by atoms with Crippen LogP contribution >= 0.6 is 0 Å². The smallest absolute Gasteiger partial charge is 0.0459 e. The fourth-order valence-corrected chi connectivity index (χ4v) is 3.31. The second-order valence-electron chi connectivity index (χ2n) is 6.04. The number of rotatable bonds is 3. The van der Waals surface area contributed by atoms with Crippen LogP contribution in [0.1, 0.15) is 24.8 Å². The second kappa shape index (κ2) is 5.90. The molecule has 110 valence electrons. The van der Waals surface area contributed by atoms with Gasteiger partial charge in [-0.15, -0.1) is 0 Å². The molecule has 2 aromatic carbocycles. The highest BCUT2D eigenvalue weighted by molar-refractivity contribution is 6.01. The average Bonchev–Trinajstić information content (AvgIpc) is 3.27. The van der Waals surface area contributed by atoms with Gasteiger partial charge in [-0.3, -0.25) is 4.99 Å². The highest BCUT2D eigenvalue weighted by Gasteiger charge is 2.23. The molecule has 0 aliphatic carbocycles. The van der Waals surface area contributed by atoms with Crippen LogP contribution in [0.4, 0.5) is 0 Å². The first kappa shape index (κ1) is 13.5. The van der Waals surface area contributed by atoms with Gasteiger partial charge >= 0.3 is 0 Å². The minimum Gasteiger partial charge on any atom is -0.309 e. The van der Waals surface area contributed by atoms with Crippen LogP contribution in [-0.4, -0.2) is 18.3 Å². The number of allylic oxidation sites excluding steroid dienone is 1. The van der Waals surface area contributed by atoms with Gasteiger partial charge in [0.15, 0.2) is 0 Å². The van der Waals surface area contributed by atoms with Crippen LogP contribution in [0.3, 0.4) is 0 Å². The lowest BCUT2D eigenvalue weighted by molar-refractivity contribution is 0.756. The summed E-state index contributed by atoms with van der Waals surface area (Å²) < 4.78 is 0. The predicted molar refractivity (Wildman–Crippen MR) is 92.9 cm³/mol. The van der Waals surface area contributed by atoms with E-state index in [9.17, 15) is 0 Å². The van der Waals surface area contributed by atoms with Gasteiger partial charge in [-0.05, 0) is 41.6 Å². The molecule has 4 rings (SSSR count). The minimum atomic E-state index is 0.498. The Balaban J connectivity index is 1.48. The first-order valence-corrected chi connectivity index (χ1v) is 8.05. The summed E-state index contributed by atoms with van der Waals surface area (Å²) in [6.07, 6.45) is 5.53. The average molecular weight is 288 g/mol. The van der Waals surface area contributed by atoms with Crippen LogP contribution in [0.2, 0.25) is 0 Å². The molecule has 2 nitrogen and oxygen atoms in total. The summed E-state index contributed by atoms with van der Waals surface area (Å²) in [5.41, 5.74) is 6.46. The third-order valence-corrected chi connectivity index (χ3v) is 4.58. The molecule has 1 fully saturated rings. The van der Waals surface area contributed by atoms with Crippen molar-refractivity contribution in [3.8, 4) is 11.1 Å². The van der Waals surface area contributed by atoms with Crippen LogP contribution < -0.4 is 5.32 Å². The Morgan fingerprint density at radius 1 is 0.864 bits per heavy atom. The van der Waals surface area contributed by atoms with Crippen LogP contribution in [0, 0.1) is 0 Å². The Labute approximate surface area is 131 Å². The number of nitrogens with zero attached hydrogens (tertiary/aromatic N) is 1. The van der Waals surface area contributed by atoms with E-state index in [2.05, 4.69) is 64.9 Å². The monoisotopic (exact) mass is 288 g/mol. The Kier molecular flexibility index (Phi) is 3.61. The maximum Gasteiger partial charge on any atom is 0.0459 e. The number of aliphatic imine (C=N–C) groups is 1. The predicted octanol–water partition coefficient (Wildman–Crippen LogP) is 4.29. The normalized spacial score (nSPS) is 20.8. The van der Waals surface area contributed by atoms with Gasteiger partial charge in [0.05, 0.1) is 0 Å². The van der Waals surface area contributed by atoms with Gasteiger partial charge in [0.1, 0.15) is 0 Å². The van der Waals surface area contributed by atoms with E-state index in [1.165, 1.54) is 40.8 Å². The molecule has 22 heavy (non-hydrogen) atoms. The van der Waals surface area contributed by atoms with Crippen LogP contribution in [0.5, 0.6) is 0 Å². The number of benzene rings is 2. The lowest BCUT2D eigenvalue weighted by atomic mass is 9.97. The topological polar surface area (TPSA) is 24.4 Å². The Morgan fingerprint density at radius 3 is 2.32 bits per heavy atom. The van der Waals surface area contributed by atoms with E-state index in [4.69, 9.17) is 0 Å². The summed E-state index contributed by atoms with van der Waals surface area (Å²) in [6, 6.07) is 19.9. The fourth-order valence-electron chi connectivity index (χ4n) is 3.31. The highest BCUT2D eigenvalue weighted by Crippen LogP contribution is 2.28. The highest BCUT2D eigenvalue weighted by atomic mass is 15.0. The first-order valence-electron chi connectivity index (χ1n) is 8.05. The fraction of sp³-hybridized carbons (Fsp3) is 0.250. The van der Waals surface area contributed by atoms with Crippen molar-refractivity contribution < 1.29 is 0 Å². The molecular formula is C20H20N2. The van der Waals surface area contributed by atoms with E-state index in [-0.39, 0.29) is 0 Å². The summed E-state index contributed by atoms with van der Waals surface area (Å²) in [5, 5.41) is 3.54. The lowest BCUT2D eigenvalue weighted by Crippen LogP contribution is -2.29. The standard InChI is InChI=1S/C20H20N2/c1-2-5-15(6-3-1)16-8-10-17(11-9-16)18-13-20(22-14-18)19-7-4-12-21-19/h1-3,5-6,8-11,14,19,21H,4,7,12-13H2. The van der Waals surface area contributed by atoms with E-state index < -0.39 is 0 Å². The molecule has 2 heteroatoms. The summed E-state index contributed by atoms with van der Waals surface area (Å²) in [6.45, 7) is 1.13. The van der Waals surface area contributed by atoms with Crippen LogP contribution in [0.15, 0.2) is 65.8 Å². The molecule has 2 aliphatic rings. The molecule has 2 heterocycles. The molecule has 1 saturated heterocycles. The molecule has 1 atom stereocenters. The zero-order valence-corrected chi connectivity index (χ0v) is 12.6. The van der Waals surface area contributed by atoms with Crippen molar-refractivity contribution in [2.75, 3.05) is 6.54 Å². The maximum atomic E-state index is 4.65. The van der Waals surface area contributed by atoms with Crippen LogP contribution in [-0.2, 0) is 0 Å². The summed E-state index contributed by atoms with van der Waals surface area (Å²) in [5.74, 6) is 0. The van der Waals surface area contributed by atoms with Gasteiger partial charge in [-0.25, -0.2) is 0 Å². The van der Waals surface area contributed by atoms with Crippen molar-refractivity contribution in [3.05, 3.63) is 66.4 Å². The molecule has 2 aliphatic heterocycles. The van der Waals surface area contributed by atoms with Crippen LogP contribution in [0.25, 0.3) is 16.7 Å². The Bertz CT molecular complexity index is 705. The van der Waals surface area contributed by atoms with Crippen molar-refractivity contribution in [3.63, 3.8) is 0 Å². The quantitative estimate of drug-likeness (QED) is 0.895. The molecule has 2 aromatic rings. The largest absolute Gasteiger partial charge is 0.309 e. The summed E-state index contributed by atoms with van der Waals surface area (Å²) in [4.78, 5) is 4.65. The summed E-state index contributed by atoms with van der Waals surface area (Å²) >= 11 is 0. The van der Waals surface area contributed by atoms with Gasteiger partial charge < -0.3 is 5.32 Å². The third kappa shape index (κ3) is 2.62. The van der Waals surface area contributed by atoms with Crippen molar-refractivity contribution >= 4 is 11.3 Å². The molecule has 0 amide bonds. The molecule has 0 saturated carbocycles. The van der Waals surface area contributed by atoms with E-state index in [1.807, 2.05) is 6.20 Å². The van der Waals surface area contributed by atoms with Gasteiger partial charge in [0.2, 0.25) is 0 Å². The Hall–Kier alpha value is -2.19. The van der Waals surface area contributed by atoms with E-state index in [0.29, 0.717) is 6.04 Å². The molecule has 1 unspecified atom stereocenters. The van der Waals surface area contributed by atoms with E-state index in [1.54, 1.807) is 0 Å². The number of hydrogen-bond acceptors (Lipinski definition) is 2. The van der Waals surface area contributed by atoms with Crippen molar-refractivity contribution in [2.45, 2.75) is 25.3 Å². The van der Waals surface area contributed by atoms with E-state index in [0.717, 1.165) is 13.0 Å². The molecule has 0 bridgehead atoms. The lowest BCUT2D eigenvalue weighted by Gasteiger charge is -2.11.